The first-order valence-electron chi connectivity index (χ1n) is 18.4. The average molecular weight is 728 g/mol. The number of nitrogens with zero attached hydrogens (tertiary/aromatic N) is 5. The standard InChI is InChI=1S/C42H45N5O5Si/c1-28-40(53(3,4)34-18-16-33(51-2)17-19-34)38(22-24-45-27-30(23-25-48)43-44-45)52-42(28)35-26-32(46-36-13-9-8-10-29(36)14-21-39(46)49)15-20-37(35)47(41(42)50)31-11-6-5-7-12-31/h5-13,15-20,26-28,38,40,48H,14,21-25H2,1-4H3/t28-,38+,40-,42+/m1/s1. The van der Waals surface area contributed by atoms with Gasteiger partial charge in [0.05, 0.1) is 38.4 Å². The smallest absolute Gasteiger partial charge is 0.268 e. The summed E-state index contributed by atoms with van der Waals surface area (Å²) in [5.74, 6) is 0.481. The lowest BCUT2D eigenvalue weighted by Gasteiger charge is -2.37. The van der Waals surface area contributed by atoms with Crippen molar-refractivity contribution in [3.05, 3.63) is 120 Å². The monoisotopic (exact) mass is 727 g/mol. The zero-order valence-electron chi connectivity index (χ0n) is 30.6. The number of carbonyl (C=O) groups is 2. The highest BCUT2D eigenvalue weighted by molar-refractivity contribution is 6.91. The number of methoxy groups -OCH3 is 1. The second-order valence-corrected chi connectivity index (χ2v) is 19.6. The summed E-state index contributed by atoms with van der Waals surface area (Å²) >= 11 is 0. The van der Waals surface area contributed by atoms with Crippen molar-refractivity contribution in [2.75, 3.05) is 23.5 Å². The second kappa shape index (κ2) is 13.7. The van der Waals surface area contributed by atoms with Crippen molar-refractivity contribution in [1.29, 1.82) is 0 Å². The normalized spacial score (nSPS) is 22.4. The van der Waals surface area contributed by atoms with E-state index in [9.17, 15) is 9.90 Å². The molecule has 10 nitrogen and oxygen atoms in total. The molecule has 3 aliphatic heterocycles. The fraction of sp³-hybridized carbons (Fsp3) is 0.333. The van der Waals surface area contributed by atoms with Crippen LogP contribution in [0.4, 0.5) is 22.7 Å². The van der Waals surface area contributed by atoms with Crippen molar-refractivity contribution in [2.45, 2.75) is 69.5 Å². The van der Waals surface area contributed by atoms with Crippen molar-refractivity contribution in [1.82, 2.24) is 15.0 Å². The Labute approximate surface area is 311 Å². The van der Waals surface area contributed by atoms with Gasteiger partial charge in [0.15, 0.2) is 5.60 Å². The fourth-order valence-electron chi connectivity index (χ4n) is 9.12. The number of benzene rings is 4. The summed E-state index contributed by atoms with van der Waals surface area (Å²) in [4.78, 5) is 32.7. The maximum Gasteiger partial charge on any atom is 0.268 e. The van der Waals surface area contributed by atoms with Gasteiger partial charge in [-0.2, -0.15) is 0 Å². The van der Waals surface area contributed by atoms with Gasteiger partial charge in [-0.15, -0.1) is 5.10 Å². The second-order valence-electron chi connectivity index (χ2n) is 14.9. The molecule has 1 saturated heterocycles. The molecular formula is C42H45N5O5Si. The van der Waals surface area contributed by atoms with Crippen LogP contribution in [0.5, 0.6) is 5.75 Å². The van der Waals surface area contributed by atoms with Crippen molar-refractivity contribution in [3.63, 3.8) is 0 Å². The molecule has 272 valence electrons. The summed E-state index contributed by atoms with van der Waals surface area (Å²) in [6.07, 6.45) is 3.73. The molecule has 1 fully saturated rings. The number of rotatable bonds is 10. The molecular weight excluding hydrogens is 683 g/mol. The van der Waals surface area contributed by atoms with E-state index >= 15 is 4.79 Å². The van der Waals surface area contributed by atoms with Crippen molar-refractivity contribution >= 4 is 47.8 Å². The molecule has 0 radical (unpaired) electrons. The number of fused-ring (bicyclic) bond motifs is 3. The first kappa shape index (κ1) is 35.0. The molecule has 0 saturated carbocycles. The molecule has 8 rings (SSSR count). The molecule has 5 aromatic rings. The summed E-state index contributed by atoms with van der Waals surface area (Å²) in [6.45, 7) is 7.47. The Hall–Kier alpha value is -5.10. The van der Waals surface area contributed by atoms with Crippen molar-refractivity contribution < 1.29 is 24.2 Å². The van der Waals surface area contributed by atoms with E-state index < -0.39 is 13.7 Å². The maximum atomic E-state index is 15.4. The van der Waals surface area contributed by atoms with E-state index in [-0.39, 0.29) is 36.0 Å². The summed E-state index contributed by atoms with van der Waals surface area (Å²) in [5.41, 5.74) is 4.48. The van der Waals surface area contributed by atoms with Gasteiger partial charge >= 0.3 is 0 Å². The van der Waals surface area contributed by atoms with Gasteiger partial charge in [0.2, 0.25) is 5.91 Å². The Bertz CT molecular complexity index is 2150. The molecule has 53 heavy (non-hydrogen) atoms. The maximum absolute atomic E-state index is 15.4. The molecule has 2 amide bonds. The van der Waals surface area contributed by atoms with E-state index in [1.54, 1.807) is 11.8 Å². The minimum atomic E-state index is -2.40. The van der Waals surface area contributed by atoms with Gasteiger partial charge in [-0.25, -0.2) is 0 Å². The molecule has 4 atom stereocenters. The Morgan fingerprint density at radius 1 is 0.906 bits per heavy atom. The minimum Gasteiger partial charge on any atom is -0.497 e. The number of hydrogen-bond acceptors (Lipinski definition) is 7. The number of para-hydroxylation sites is 2. The molecule has 0 unspecified atom stereocenters. The van der Waals surface area contributed by atoms with E-state index in [2.05, 4.69) is 48.5 Å². The SMILES string of the molecule is COc1ccc([Si](C)(C)[C@H]2[C@H](CCn3cc(CCO)nn3)O[C@@]3(C(=O)N(c4ccccc4)c4ccc(N5C(=O)CCc6ccccc65)cc43)[C@@H]2C)cc1. The Balaban J connectivity index is 1.27. The molecule has 4 aromatic carbocycles. The van der Waals surface area contributed by atoms with Crippen molar-refractivity contribution in [2.24, 2.45) is 5.92 Å². The lowest BCUT2D eigenvalue weighted by molar-refractivity contribution is -0.145. The van der Waals surface area contributed by atoms with Crippen LogP contribution in [0.15, 0.2) is 103 Å². The first-order chi connectivity index (χ1) is 25.7. The Kier molecular flexibility index (Phi) is 9.04. The van der Waals surface area contributed by atoms with Gasteiger partial charge in [-0.1, -0.05) is 78.9 Å². The van der Waals surface area contributed by atoms with E-state index in [1.807, 2.05) is 94.9 Å². The van der Waals surface area contributed by atoms with E-state index in [1.165, 1.54) is 5.19 Å². The lowest BCUT2D eigenvalue weighted by atomic mass is 9.82. The number of hydrogen-bond donors (Lipinski definition) is 1. The highest BCUT2D eigenvalue weighted by Gasteiger charge is 2.66. The van der Waals surface area contributed by atoms with Crippen molar-refractivity contribution in [3.8, 4) is 5.75 Å². The van der Waals surface area contributed by atoms with Gasteiger partial charge < -0.3 is 14.6 Å². The number of amides is 2. The summed E-state index contributed by atoms with van der Waals surface area (Å²) in [5, 5.41) is 19.3. The molecule has 0 aliphatic carbocycles. The summed E-state index contributed by atoms with van der Waals surface area (Å²) in [7, 11) is -0.725. The fourth-order valence-corrected chi connectivity index (χ4v) is 13.2. The quantitative estimate of drug-likeness (QED) is 0.166. The number of aromatic nitrogens is 3. The minimum absolute atomic E-state index is 0.00419. The molecule has 1 spiro atoms. The third-order valence-corrected chi connectivity index (χ3v) is 16.0. The number of carbonyl (C=O) groups excluding carboxylic acids is 2. The molecule has 1 N–H and O–H groups in total. The predicted octanol–water partition coefficient (Wildman–Crippen LogP) is 6.42. The topological polar surface area (TPSA) is 110 Å². The van der Waals surface area contributed by atoms with Crippen LogP contribution in [0.1, 0.15) is 36.6 Å². The lowest BCUT2D eigenvalue weighted by Crippen LogP contribution is -2.51. The van der Waals surface area contributed by atoms with Crippen LogP contribution in [0.25, 0.3) is 0 Å². The van der Waals surface area contributed by atoms with Gasteiger partial charge in [0.25, 0.3) is 5.91 Å². The first-order valence-corrected chi connectivity index (χ1v) is 21.5. The predicted molar refractivity (Wildman–Crippen MR) is 207 cm³/mol. The number of aliphatic hydroxyl groups is 1. The number of aryl methyl sites for hydroxylation is 2. The largest absolute Gasteiger partial charge is 0.497 e. The number of aliphatic hydroxyl groups excluding tert-OH is 1. The van der Waals surface area contributed by atoms with Crippen LogP contribution in [0.3, 0.4) is 0 Å². The zero-order valence-corrected chi connectivity index (χ0v) is 31.6. The molecule has 0 bridgehead atoms. The van der Waals surface area contributed by atoms with Gasteiger partial charge in [0.1, 0.15) is 5.75 Å². The van der Waals surface area contributed by atoms with Crippen LogP contribution in [0, 0.1) is 5.92 Å². The van der Waals surface area contributed by atoms with E-state index in [4.69, 9.17) is 9.47 Å². The van der Waals surface area contributed by atoms with Crippen LogP contribution >= 0.6 is 0 Å². The molecule has 11 heteroatoms. The average Bonchev–Trinajstić information content (AvgIpc) is 3.83. The van der Waals surface area contributed by atoms with Crippen LogP contribution in [-0.4, -0.2) is 59.8 Å². The number of ether oxygens (including phenoxy) is 2. The van der Waals surface area contributed by atoms with Gasteiger partial charge in [0, 0.05) is 55.0 Å². The molecule has 4 heterocycles. The van der Waals surface area contributed by atoms with Gasteiger partial charge in [-0.05, 0) is 72.5 Å². The zero-order chi connectivity index (χ0) is 36.9. The van der Waals surface area contributed by atoms with E-state index in [0.717, 1.165) is 45.3 Å². The summed E-state index contributed by atoms with van der Waals surface area (Å²) < 4.78 is 14.7. The highest BCUT2D eigenvalue weighted by Crippen LogP contribution is 2.61. The third-order valence-electron chi connectivity index (χ3n) is 11.7. The van der Waals surface area contributed by atoms with Crippen LogP contribution in [0.2, 0.25) is 18.6 Å². The van der Waals surface area contributed by atoms with Crippen LogP contribution < -0.4 is 19.7 Å². The third kappa shape index (κ3) is 5.78. The summed E-state index contributed by atoms with van der Waals surface area (Å²) in [6, 6.07) is 32.1. The van der Waals surface area contributed by atoms with Crippen LogP contribution in [-0.2, 0) is 39.3 Å². The highest BCUT2D eigenvalue weighted by atomic mass is 28.3. The number of anilines is 4. The Morgan fingerprint density at radius 3 is 2.42 bits per heavy atom. The van der Waals surface area contributed by atoms with E-state index in [0.29, 0.717) is 32.2 Å². The molecule has 1 aromatic heterocycles. The van der Waals surface area contributed by atoms with Gasteiger partial charge in [-0.3, -0.25) is 24.1 Å². The molecule has 3 aliphatic rings. The Morgan fingerprint density at radius 2 is 1.66 bits per heavy atom.